The van der Waals surface area contributed by atoms with Crippen molar-refractivity contribution >= 4 is 17.5 Å². The molecule has 1 aromatic heterocycles. The summed E-state index contributed by atoms with van der Waals surface area (Å²) in [6.07, 6.45) is 2.53. The molecular formula is C31H37N5O5. The Kier molecular flexibility index (Phi) is 9.01. The molecule has 0 saturated carbocycles. The van der Waals surface area contributed by atoms with Gasteiger partial charge in [0.25, 0.3) is 11.8 Å². The van der Waals surface area contributed by atoms with Gasteiger partial charge in [0.1, 0.15) is 18.0 Å². The molecule has 1 fully saturated rings. The Balaban J connectivity index is 1.40. The predicted molar refractivity (Wildman–Crippen MR) is 155 cm³/mol. The van der Waals surface area contributed by atoms with Crippen LogP contribution in [0.4, 0.5) is 0 Å². The van der Waals surface area contributed by atoms with Gasteiger partial charge >= 0.3 is 0 Å². The molecule has 5 rings (SSSR count). The molecule has 0 unspecified atom stereocenters. The van der Waals surface area contributed by atoms with Crippen LogP contribution in [0.15, 0.2) is 72.0 Å². The Morgan fingerprint density at radius 1 is 0.976 bits per heavy atom. The van der Waals surface area contributed by atoms with E-state index in [9.17, 15) is 9.59 Å². The minimum atomic E-state index is -0.296. The highest BCUT2D eigenvalue weighted by Gasteiger charge is 2.35. The second-order valence-electron chi connectivity index (χ2n) is 10.2. The lowest BCUT2D eigenvalue weighted by atomic mass is 10.0. The first-order valence-electron chi connectivity index (χ1n) is 13.9. The van der Waals surface area contributed by atoms with E-state index in [4.69, 9.17) is 19.3 Å². The van der Waals surface area contributed by atoms with E-state index in [0.29, 0.717) is 44.0 Å². The number of hydrazone groups is 1. The highest BCUT2D eigenvalue weighted by atomic mass is 16.5. The number of ether oxygens (including phenoxy) is 3. The summed E-state index contributed by atoms with van der Waals surface area (Å²) in [6, 6.07) is 18.3. The van der Waals surface area contributed by atoms with Crippen molar-refractivity contribution in [3.05, 3.63) is 83.7 Å². The molecule has 10 heteroatoms. The molecule has 2 amide bonds. The van der Waals surface area contributed by atoms with Gasteiger partial charge in [-0.1, -0.05) is 12.1 Å². The zero-order valence-corrected chi connectivity index (χ0v) is 23.9. The summed E-state index contributed by atoms with van der Waals surface area (Å²) in [5.41, 5.74) is 3.24. The molecule has 0 radical (unpaired) electrons. The van der Waals surface area contributed by atoms with Crippen molar-refractivity contribution in [2.75, 3.05) is 60.2 Å². The molecule has 41 heavy (non-hydrogen) atoms. The van der Waals surface area contributed by atoms with Gasteiger partial charge in [-0.3, -0.25) is 14.5 Å². The molecule has 0 spiro atoms. The van der Waals surface area contributed by atoms with Gasteiger partial charge in [-0.05, 0) is 54.1 Å². The molecule has 1 atom stereocenters. The molecule has 0 aliphatic carbocycles. The monoisotopic (exact) mass is 559 g/mol. The van der Waals surface area contributed by atoms with Gasteiger partial charge in [-0.15, -0.1) is 0 Å². The molecule has 2 aromatic carbocycles. The van der Waals surface area contributed by atoms with Crippen molar-refractivity contribution in [1.29, 1.82) is 0 Å². The normalized spacial score (nSPS) is 17.3. The highest BCUT2D eigenvalue weighted by Crippen LogP contribution is 2.34. The average Bonchev–Trinajstić information content (AvgIpc) is 3.66. The van der Waals surface area contributed by atoms with Crippen LogP contribution in [-0.2, 0) is 16.6 Å². The molecule has 2 aliphatic heterocycles. The minimum Gasteiger partial charge on any atom is -0.497 e. The zero-order valence-electron chi connectivity index (χ0n) is 23.9. The van der Waals surface area contributed by atoms with Crippen LogP contribution in [0.1, 0.15) is 34.1 Å². The third-order valence-corrected chi connectivity index (χ3v) is 7.65. The number of amides is 2. The molecule has 10 nitrogen and oxygen atoms in total. The lowest BCUT2D eigenvalue weighted by molar-refractivity contribution is -0.133. The second kappa shape index (κ2) is 13.0. The summed E-state index contributed by atoms with van der Waals surface area (Å²) in [4.78, 5) is 31.6. The minimum absolute atomic E-state index is 0.0915. The summed E-state index contributed by atoms with van der Waals surface area (Å²) in [7, 11) is 5.18. The number of carbonyl (C=O) groups is 2. The largest absolute Gasteiger partial charge is 0.497 e. The van der Waals surface area contributed by atoms with Gasteiger partial charge < -0.3 is 23.7 Å². The van der Waals surface area contributed by atoms with Gasteiger partial charge in [0.15, 0.2) is 0 Å². The van der Waals surface area contributed by atoms with Crippen molar-refractivity contribution in [3.63, 3.8) is 0 Å². The lowest BCUT2D eigenvalue weighted by Gasteiger charge is -2.31. The van der Waals surface area contributed by atoms with Crippen LogP contribution in [0.25, 0.3) is 0 Å². The molecule has 0 bridgehead atoms. The number of rotatable bonds is 10. The molecule has 1 saturated heterocycles. The average molecular weight is 560 g/mol. The van der Waals surface area contributed by atoms with E-state index >= 15 is 0 Å². The lowest BCUT2D eigenvalue weighted by Crippen LogP contribution is -2.46. The SMILES string of the molecule is COc1ccc(C(=O)N(CCN2CCOCC2)CC(=O)N2N=C(c3cccn3C)C[C@H]2c2ccc(OC)cc2)cc1. The van der Waals surface area contributed by atoms with Crippen molar-refractivity contribution in [2.24, 2.45) is 12.1 Å². The number of hydrogen-bond donors (Lipinski definition) is 0. The van der Waals surface area contributed by atoms with Gasteiger partial charge in [-0.25, -0.2) is 5.01 Å². The number of hydrogen-bond acceptors (Lipinski definition) is 7. The van der Waals surface area contributed by atoms with Crippen molar-refractivity contribution < 1.29 is 23.8 Å². The van der Waals surface area contributed by atoms with E-state index in [-0.39, 0.29) is 24.4 Å². The Hall–Kier alpha value is -4.15. The maximum absolute atomic E-state index is 14.0. The van der Waals surface area contributed by atoms with Gasteiger partial charge in [-0.2, -0.15) is 5.10 Å². The summed E-state index contributed by atoms with van der Waals surface area (Å²) in [6.45, 7) is 3.90. The molecule has 3 heterocycles. The molecular weight excluding hydrogens is 522 g/mol. The van der Waals surface area contributed by atoms with E-state index in [1.807, 2.05) is 54.2 Å². The van der Waals surface area contributed by atoms with Crippen LogP contribution >= 0.6 is 0 Å². The zero-order chi connectivity index (χ0) is 28.8. The summed E-state index contributed by atoms with van der Waals surface area (Å²) in [5.74, 6) is 0.965. The van der Waals surface area contributed by atoms with Gasteiger partial charge in [0.2, 0.25) is 0 Å². The van der Waals surface area contributed by atoms with Crippen LogP contribution in [0.5, 0.6) is 11.5 Å². The first kappa shape index (κ1) is 28.4. The Morgan fingerprint density at radius 2 is 1.63 bits per heavy atom. The second-order valence-corrected chi connectivity index (χ2v) is 10.2. The number of methoxy groups -OCH3 is 2. The van der Waals surface area contributed by atoms with Gasteiger partial charge in [0, 0.05) is 51.4 Å². The smallest absolute Gasteiger partial charge is 0.262 e. The van der Waals surface area contributed by atoms with E-state index in [2.05, 4.69) is 4.90 Å². The Labute approximate surface area is 240 Å². The summed E-state index contributed by atoms with van der Waals surface area (Å²) >= 11 is 0. The number of aromatic nitrogens is 1. The fraction of sp³-hybridized carbons (Fsp3) is 0.387. The fourth-order valence-corrected chi connectivity index (χ4v) is 5.23. The number of aryl methyl sites for hydroxylation is 1. The van der Waals surface area contributed by atoms with Crippen LogP contribution in [-0.4, -0.2) is 97.1 Å². The molecule has 2 aliphatic rings. The number of carbonyl (C=O) groups excluding carboxylic acids is 2. The van der Waals surface area contributed by atoms with Crippen LogP contribution < -0.4 is 9.47 Å². The van der Waals surface area contributed by atoms with Crippen LogP contribution in [0.3, 0.4) is 0 Å². The first-order chi connectivity index (χ1) is 20.0. The molecule has 3 aromatic rings. The topological polar surface area (TPSA) is 88.8 Å². The Bertz CT molecular complexity index is 1360. The highest BCUT2D eigenvalue weighted by molar-refractivity contribution is 6.02. The van der Waals surface area contributed by atoms with E-state index in [0.717, 1.165) is 35.8 Å². The summed E-state index contributed by atoms with van der Waals surface area (Å²) < 4.78 is 18.1. The van der Waals surface area contributed by atoms with Gasteiger partial charge in [0.05, 0.1) is 44.9 Å². The molecule has 216 valence electrons. The van der Waals surface area contributed by atoms with Crippen molar-refractivity contribution in [1.82, 2.24) is 19.4 Å². The standard InChI is InChI=1S/C31H37N5O5/c1-33-14-4-5-28(33)27-21-29(23-6-10-25(39-2)11-7-23)36(32-27)30(37)22-35(16-15-34-17-19-41-20-18-34)31(38)24-8-12-26(40-3)13-9-24/h4-14,29H,15-22H2,1-3H3/t29-/m0/s1. The predicted octanol–water partition coefficient (Wildman–Crippen LogP) is 3.19. The van der Waals surface area contributed by atoms with Crippen molar-refractivity contribution in [2.45, 2.75) is 12.5 Å². The van der Waals surface area contributed by atoms with E-state index in [1.165, 1.54) is 0 Å². The maximum atomic E-state index is 14.0. The quantitative estimate of drug-likeness (QED) is 0.379. The van der Waals surface area contributed by atoms with Crippen molar-refractivity contribution in [3.8, 4) is 11.5 Å². The number of benzene rings is 2. The number of morpholine rings is 1. The summed E-state index contributed by atoms with van der Waals surface area (Å²) in [5, 5.41) is 6.37. The van der Waals surface area contributed by atoms with Crippen LogP contribution in [0, 0.1) is 0 Å². The Morgan fingerprint density at radius 3 is 2.24 bits per heavy atom. The third-order valence-electron chi connectivity index (χ3n) is 7.65. The fourth-order valence-electron chi connectivity index (χ4n) is 5.23. The first-order valence-corrected chi connectivity index (χ1v) is 13.9. The van der Waals surface area contributed by atoms with E-state index < -0.39 is 0 Å². The maximum Gasteiger partial charge on any atom is 0.262 e. The number of nitrogens with zero attached hydrogens (tertiary/aromatic N) is 5. The third kappa shape index (κ3) is 6.61. The van der Waals surface area contributed by atoms with Crippen LogP contribution in [0.2, 0.25) is 0 Å². The molecule has 0 N–H and O–H groups in total. The van der Waals surface area contributed by atoms with E-state index in [1.54, 1.807) is 48.4 Å².